The summed E-state index contributed by atoms with van der Waals surface area (Å²) in [6, 6.07) is 19.7. The van der Waals surface area contributed by atoms with Crippen LogP contribution in [0.15, 0.2) is 54.6 Å². The monoisotopic (exact) mass is 424 g/mol. The molecule has 0 bridgehead atoms. The van der Waals surface area contributed by atoms with Gasteiger partial charge in [0.05, 0.1) is 19.8 Å². The zero-order valence-electron chi connectivity index (χ0n) is 18.9. The summed E-state index contributed by atoms with van der Waals surface area (Å²) >= 11 is 0. The molecule has 5 heteroatoms. The molecule has 1 aliphatic heterocycles. The summed E-state index contributed by atoms with van der Waals surface area (Å²) < 4.78 is 10.6. The van der Waals surface area contributed by atoms with Gasteiger partial charge in [-0.25, -0.2) is 0 Å². The van der Waals surface area contributed by atoms with Gasteiger partial charge in [-0.1, -0.05) is 48.5 Å². The predicted octanol–water partition coefficient (Wildman–Crippen LogP) is 4.72. The fraction of sp³-hybridized carbons (Fsp3) is 0.500. The standard InChI is InChI=1S/C26H36N2O3/c1-3-31-25(29)17-9-10-18-28-19-11-15-23(26(28)21-12-5-4-6-13-21)27-20-22-14-7-8-16-24(22)30-2/h4-8,12-14,16,23,26-27H,3,9-11,15,17-20H2,1-2H3. The molecule has 3 rings (SSSR count). The maximum atomic E-state index is 11.6. The van der Waals surface area contributed by atoms with Crippen LogP contribution in [0.25, 0.3) is 0 Å². The summed E-state index contributed by atoms with van der Waals surface area (Å²) in [6.45, 7) is 5.18. The molecule has 0 aliphatic carbocycles. The lowest BCUT2D eigenvalue weighted by Crippen LogP contribution is -2.48. The SMILES string of the molecule is CCOC(=O)CCCCN1CCCC(NCc2ccccc2OC)C1c1ccccc1. The van der Waals surface area contributed by atoms with E-state index in [4.69, 9.17) is 9.47 Å². The Bertz CT molecular complexity index is 796. The van der Waals surface area contributed by atoms with Crippen LogP contribution >= 0.6 is 0 Å². The average Bonchev–Trinajstić information content (AvgIpc) is 2.81. The minimum Gasteiger partial charge on any atom is -0.496 e. The molecule has 1 aliphatic rings. The van der Waals surface area contributed by atoms with E-state index in [0.29, 0.717) is 25.1 Å². The molecule has 1 saturated heterocycles. The normalized spacial score (nSPS) is 19.2. The lowest BCUT2D eigenvalue weighted by atomic mass is 9.89. The lowest BCUT2D eigenvalue weighted by Gasteiger charge is -2.42. The van der Waals surface area contributed by atoms with Crippen molar-refractivity contribution >= 4 is 5.97 Å². The number of esters is 1. The number of likely N-dealkylation sites (tertiary alicyclic amines) is 1. The number of nitrogens with zero attached hydrogens (tertiary/aromatic N) is 1. The van der Waals surface area contributed by atoms with Gasteiger partial charge in [0.25, 0.3) is 0 Å². The van der Waals surface area contributed by atoms with Crippen LogP contribution in [0.2, 0.25) is 0 Å². The van der Waals surface area contributed by atoms with Crippen LogP contribution in [0, 0.1) is 0 Å². The summed E-state index contributed by atoms with van der Waals surface area (Å²) in [5, 5.41) is 3.82. The van der Waals surface area contributed by atoms with Gasteiger partial charge in [-0.15, -0.1) is 0 Å². The molecule has 1 heterocycles. The van der Waals surface area contributed by atoms with Gasteiger partial charge >= 0.3 is 5.97 Å². The van der Waals surface area contributed by atoms with Crippen LogP contribution in [0.5, 0.6) is 5.75 Å². The van der Waals surface area contributed by atoms with Crippen LogP contribution in [-0.2, 0) is 16.1 Å². The van der Waals surface area contributed by atoms with E-state index in [1.54, 1.807) is 7.11 Å². The number of nitrogens with one attached hydrogen (secondary N) is 1. The van der Waals surface area contributed by atoms with E-state index in [2.05, 4.69) is 52.7 Å². The van der Waals surface area contributed by atoms with Crippen LogP contribution < -0.4 is 10.1 Å². The third-order valence-corrected chi connectivity index (χ3v) is 6.00. The second kappa shape index (κ2) is 12.5. The lowest BCUT2D eigenvalue weighted by molar-refractivity contribution is -0.143. The van der Waals surface area contributed by atoms with Crippen molar-refractivity contribution < 1.29 is 14.3 Å². The second-order valence-corrected chi connectivity index (χ2v) is 8.10. The van der Waals surface area contributed by atoms with Crippen molar-refractivity contribution in [1.29, 1.82) is 0 Å². The molecule has 2 unspecified atom stereocenters. The van der Waals surface area contributed by atoms with E-state index >= 15 is 0 Å². The molecular weight excluding hydrogens is 388 g/mol. The van der Waals surface area contributed by atoms with Gasteiger partial charge in [-0.3, -0.25) is 9.69 Å². The van der Waals surface area contributed by atoms with Gasteiger partial charge in [0.15, 0.2) is 0 Å². The Morgan fingerprint density at radius 3 is 2.65 bits per heavy atom. The number of benzene rings is 2. The van der Waals surface area contributed by atoms with E-state index < -0.39 is 0 Å². The molecule has 31 heavy (non-hydrogen) atoms. The quantitative estimate of drug-likeness (QED) is 0.418. The highest BCUT2D eigenvalue weighted by Gasteiger charge is 2.32. The molecule has 0 radical (unpaired) electrons. The van der Waals surface area contributed by atoms with Gasteiger partial charge in [-0.05, 0) is 57.3 Å². The molecule has 2 aromatic carbocycles. The molecule has 2 aromatic rings. The number of hydrogen-bond donors (Lipinski definition) is 1. The Balaban J connectivity index is 1.65. The highest BCUT2D eigenvalue weighted by molar-refractivity contribution is 5.69. The minimum absolute atomic E-state index is 0.0860. The Morgan fingerprint density at radius 1 is 1.10 bits per heavy atom. The Labute approximate surface area is 186 Å². The minimum atomic E-state index is -0.0860. The van der Waals surface area contributed by atoms with Gasteiger partial charge < -0.3 is 14.8 Å². The van der Waals surface area contributed by atoms with Gasteiger partial charge in [0, 0.05) is 24.6 Å². The Morgan fingerprint density at radius 2 is 1.87 bits per heavy atom. The van der Waals surface area contributed by atoms with Crippen LogP contribution in [0.3, 0.4) is 0 Å². The molecule has 168 valence electrons. The number of carbonyl (C=O) groups is 1. The molecule has 0 amide bonds. The first-order valence-electron chi connectivity index (χ1n) is 11.5. The van der Waals surface area contributed by atoms with E-state index in [1.807, 2.05) is 19.1 Å². The van der Waals surface area contributed by atoms with Crippen LogP contribution in [0.1, 0.15) is 56.2 Å². The number of para-hydroxylation sites is 1. The van der Waals surface area contributed by atoms with Crippen molar-refractivity contribution in [3.05, 3.63) is 65.7 Å². The van der Waals surface area contributed by atoms with E-state index in [-0.39, 0.29) is 5.97 Å². The maximum Gasteiger partial charge on any atom is 0.305 e. The number of hydrogen-bond acceptors (Lipinski definition) is 5. The van der Waals surface area contributed by atoms with Crippen molar-refractivity contribution in [2.45, 2.75) is 57.7 Å². The molecule has 0 aromatic heterocycles. The van der Waals surface area contributed by atoms with Crippen molar-refractivity contribution in [2.75, 3.05) is 26.8 Å². The number of ether oxygens (including phenoxy) is 2. The summed E-state index contributed by atoms with van der Waals surface area (Å²) in [5.41, 5.74) is 2.54. The zero-order chi connectivity index (χ0) is 21.9. The van der Waals surface area contributed by atoms with E-state index in [1.165, 1.54) is 17.5 Å². The van der Waals surface area contributed by atoms with E-state index in [0.717, 1.165) is 44.6 Å². The molecule has 1 fully saturated rings. The highest BCUT2D eigenvalue weighted by atomic mass is 16.5. The smallest absolute Gasteiger partial charge is 0.305 e. The molecule has 2 atom stereocenters. The van der Waals surface area contributed by atoms with Crippen LogP contribution in [0.4, 0.5) is 0 Å². The molecular formula is C26H36N2O3. The third-order valence-electron chi connectivity index (χ3n) is 6.00. The van der Waals surface area contributed by atoms with Gasteiger partial charge in [0.2, 0.25) is 0 Å². The van der Waals surface area contributed by atoms with Crippen LogP contribution in [-0.4, -0.2) is 43.7 Å². The average molecular weight is 425 g/mol. The highest BCUT2D eigenvalue weighted by Crippen LogP contribution is 2.32. The molecule has 5 nitrogen and oxygen atoms in total. The Hall–Kier alpha value is -2.37. The topological polar surface area (TPSA) is 50.8 Å². The largest absolute Gasteiger partial charge is 0.496 e. The summed E-state index contributed by atoms with van der Waals surface area (Å²) in [7, 11) is 1.73. The van der Waals surface area contributed by atoms with Gasteiger partial charge in [-0.2, -0.15) is 0 Å². The summed E-state index contributed by atoms with van der Waals surface area (Å²) in [5.74, 6) is 0.843. The number of carbonyl (C=O) groups excluding carboxylic acids is 1. The second-order valence-electron chi connectivity index (χ2n) is 8.10. The molecule has 1 N–H and O–H groups in total. The Kier molecular flexibility index (Phi) is 9.38. The maximum absolute atomic E-state index is 11.6. The van der Waals surface area contributed by atoms with E-state index in [9.17, 15) is 4.79 Å². The summed E-state index contributed by atoms with van der Waals surface area (Å²) in [6.07, 6.45) is 4.70. The zero-order valence-corrected chi connectivity index (χ0v) is 18.9. The number of methoxy groups -OCH3 is 1. The summed E-state index contributed by atoms with van der Waals surface area (Å²) in [4.78, 5) is 14.2. The molecule has 0 saturated carbocycles. The third kappa shape index (κ3) is 6.81. The predicted molar refractivity (Wildman–Crippen MR) is 124 cm³/mol. The van der Waals surface area contributed by atoms with Crippen molar-refractivity contribution in [2.24, 2.45) is 0 Å². The first-order chi connectivity index (χ1) is 15.2. The molecule has 0 spiro atoms. The number of piperidine rings is 1. The fourth-order valence-electron chi connectivity index (χ4n) is 4.53. The first kappa shape index (κ1) is 23.3. The van der Waals surface area contributed by atoms with Gasteiger partial charge in [0.1, 0.15) is 5.75 Å². The van der Waals surface area contributed by atoms with Crippen molar-refractivity contribution in [3.63, 3.8) is 0 Å². The number of unbranched alkanes of at least 4 members (excludes halogenated alkanes) is 1. The first-order valence-corrected chi connectivity index (χ1v) is 11.5. The van der Waals surface area contributed by atoms with Crippen molar-refractivity contribution in [1.82, 2.24) is 10.2 Å². The fourth-order valence-corrected chi connectivity index (χ4v) is 4.53. The number of rotatable bonds is 11. The van der Waals surface area contributed by atoms with Crippen molar-refractivity contribution in [3.8, 4) is 5.75 Å².